The zero-order valence-corrected chi connectivity index (χ0v) is 9.53. The number of nitriles is 1. The van der Waals surface area contributed by atoms with Gasteiger partial charge in [0.05, 0.1) is 5.56 Å². The second kappa shape index (κ2) is 5.97. The third-order valence-electron chi connectivity index (χ3n) is 2.31. The van der Waals surface area contributed by atoms with Gasteiger partial charge in [-0.3, -0.25) is 4.79 Å². The summed E-state index contributed by atoms with van der Waals surface area (Å²) in [6.45, 7) is 2.29. The van der Waals surface area contributed by atoms with Crippen molar-refractivity contribution in [1.29, 1.82) is 5.26 Å². The van der Waals surface area contributed by atoms with Crippen LogP contribution in [0.15, 0.2) is 18.2 Å². The van der Waals surface area contributed by atoms with Crippen molar-refractivity contribution in [2.24, 2.45) is 5.73 Å². The van der Waals surface area contributed by atoms with Gasteiger partial charge in [-0.05, 0) is 24.6 Å². The van der Waals surface area contributed by atoms with Gasteiger partial charge in [-0.15, -0.1) is 0 Å². The number of amides is 1. The Morgan fingerprint density at radius 3 is 2.94 bits per heavy atom. The van der Waals surface area contributed by atoms with Gasteiger partial charge in [-0.1, -0.05) is 6.07 Å². The Labute approximate surface area is 99.2 Å². The van der Waals surface area contributed by atoms with E-state index in [9.17, 15) is 9.18 Å². The van der Waals surface area contributed by atoms with Crippen molar-refractivity contribution in [2.45, 2.75) is 25.9 Å². The van der Waals surface area contributed by atoms with Crippen LogP contribution in [-0.2, 0) is 11.3 Å². The molecule has 3 N–H and O–H groups in total. The molecule has 1 atom stereocenters. The molecule has 0 spiro atoms. The van der Waals surface area contributed by atoms with Crippen LogP contribution in [0.1, 0.15) is 24.5 Å². The van der Waals surface area contributed by atoms with Crippen LogP contribution < -0.4 is 11.1 Å². The number of nitrogens with one attached hydrogen (secondary N) is 1. The zero-order chi connectivity index (χ0) is 12.8. The van der Waals surface area contributed by atoms with E-state index in [1.807, 2.05) is 6.92 Å². The molecule has 0 aliphatic heterocycles. The summed E-state index contributed by atoms with van der Waals surface area (Å²) in [7, 11) is 0. The van der Waals surface area contributed by atoms with Crippen molar-refractivity contribution in [2.75, 3.05) is 0 Å². The highest BCUT2D eigenvalue weighted by atomic mass is 19.1. The largest absolute Gasteiger partial charge is 0.370 e. The van der Waals surface area contributed by atoms with E-state index in [0.717, 1.165) is 5.56 Å². The van der Waals surface area contributed by atoms with Gasteiger partial charge in [0.1, 0.15) is 11.9 Å². The first-order valence-corrected chi connectivity index (χ1v) is 5.23. The average Bonchev–Trinajstić information content (AvgIpc) is 2.27. The fraction of sp³-hybridized carbons (Fsp3) is 0.333. The summed E-state index contributed by atoms with van der Waals surface area (Å²) in [4.78, 5) is 10.7. The molecule has 5 heteroatoms. The van der Waals surface area contributed by atoms with Gasteiger partial charge < -0.3 is 11.1 Å². The lowest BCUT2D eigenvalue weighted by atomic mass is 10.1. The fourth-order valence-electron chi connectivity index (χ4n) is 1.43. The number of rotatable bonds is 5. The lowest BCUT2D eigenvalue weighted by Gasteiger charge is -2.11. The molecule has 0 aliphatic rings. The standard InChI is InChI=1S/C12H14FN3O/c1-8(4-12(15)17)16-7-9-2-3-11(13)10(5-9)6-14/h2-3,5,8,16H,4,7H2,1H3,(H2,15,17). The highest BCUT2D eigenvalue weighted by Crippen LogP contribution is 2.09. The second-order valence-corrected chi connectivity index (χ2v) is 3.88. The predicted molar refractivity (Wildman–Crippen MR) is 61.2 cm³/mol. The number of halogens is 1. The molecule has 4 nitrogen and oxygen atoms in total. The number of hydrogen-bond acceptors (Lipinski definition) is 3. The molecule has 0 aromatic heterocycles. The number of benzene rings is 1. The van der Waals surface area contributed by atoms with Crippen LogP contribution in [-0.4, -0.2) is 11.9 Å². The first-order valence-electron chi connectivity index (χ1n) is 5.23. The van der Waals surface area contributed by atoms with Gasteiger partial charge in [-0.2, -0.15) is 5.26 Å². The minimum atomic E-state index is -0.526. The minimum Gasteiger partial charge on any atom is -0.370 e. The summed E-state index contributed by atoms with van der Waals surface area (Å²) in [5, 5.41) is 11.7. The number of nitrogens with zero attached hydrogens (tertiary/aromatic N) is 1. The lowest BCUT2D eigenvalue weighted by molar-refractivity contribution is -0.118. The van der Waals surface area contributed by atoms with Crippen LogP contribution >= 0.6 is 0 Å². The minimum absolute atomic E-state index is 0.0202. The number of primary amides is 1. The van der Waals surface area contributed by atoms with E-state index in [-0.39, 0.29) is 23.9 Å². The van der Waals surface area contributed by atoms with E-state index in [2.05, 4.69) is 5.32 Å². The molecule has 0 saturated heterocycles. The van der Waals surface area contributed by atoms with Crippen LogP contribution in [0.2, 0.25) is 0 Å². The van der Waals surface area contributed by atoms with Crippen molar-refractivity contribution < 1.29 is 9.18 Å². The summed E-state index contributed by atoms with van der Waals surface area (Å²) >= 11 is 0. The van der Waals surface area contributed by atoms with Gasteiger partial charge in [0, 0.05) is 19.0 Å². The van der Waals surface area contributed by atoms with Crippen molar-refractivity contribution >= 4 is 5.91 Å². The maximum Gasteiger partial charge on any atom is 0.218 e. The van der Waals surface area contributed by atoms with Crippen molar-refractivity contribution in [3.05, 3.63) is 35.1 Å². The molecule has 0 heterocycles. The van der Waals surface area contributed by atoms with Crippen molar-refractivity contribution in [3.8, 4) is 6.07 Å². The Kier molecular flexibility index (Phi) is 4.61. The number of nitrogens with two attached hydrogens (primary N) is 1. The third kappa shape index (κ3) is 4.21. The highest BCUT2D eigenvalue weighted by Gasteiger charge is 2.06. The van der Waals surface area contributed by atoms with Crippen LogP contribution in [0, 0.1) is 17.1 Å². The Hall–Kier alpha value is -1.93. The van der Waals surface area contributed by atoms with E-state index in [4.69, 9.17) is 11.0 Å². The second-order valence-electron chi connectivity index (χ2n) is 3.88. The molecule has 0 fully saturated rings. The van der Waals surface area contributed by atoms with Crippen LogP contribution in [0.4, 0.5) is 4.39 Å². The van der Waals surface area contributed by atoms with E-state index >= 15 is 0 Å². The SMILES string of the molecule is CC(CC(N)=O)NCc1ccc(F)c(C#N)c1. The van der Waals surface area contributed by atoms with Crippen molar-refractivity contribution in [1.82, 2.24) is 5.32 Å². The van der Waals surface area contributed by atoms with Gasteiger partial charge >= 0.3 is 0 Å². The number of hydrogen-bond donors (Lipinski definition) is 2. The molecule has 1 aromatic rings. The van der Waals surface area contributed by atoms with E-state index in [1.54, 1.807) is 12.1 Å². The summed E-state index contributed by atoms with van der Waals surface area (Å²) in [6.07, 6.45) is 0.242. The highest BCUT2D eigenvalue weighted by molar-refractivity contribution is 5.74. The zero-order valence-electron chi connectivity index (χ0n) is 9.53. The monoisotopic (exact) mass is 235 g/mol. The molecule has 0 radical (unpaired) electrons. The van der Waals surface area contributed by atoms with E-state index < -0.39 is 5.82 Å². The van der Waals surface area contributed by atoms with Crippen LogP contribution in [0.5, 0.6) is 0 Å². The summed E-state index contributed by atoms with van der Waals surface area (Å²) < 4.78 is 13.0. The quantitative estimate of drug-likeness (QED) is 0.800. The average molecular weight is 235 g/mol. The molecule has 1 rings (SSSR count). The number of carbonyl (C=O) groups is 1. The topological polar surface area (TPSA) is 78.9 Å². The maximum atomic E-state index is 13.0. The third-order valence-corrected chi connectivity index (χ3v) is 2.31. The summed E-state index contributed by atoms with van der Waals surface area (Å²) in [5.41, 5.74) is 5.87. The van der Waals surface area contributed by atoms with E-state index in [1.165, 1.54) is 12.1 Å². The molecule has 1 amide bonds. The first-order chi connectivity index (χ1) is 8.02. The normalized spacial score (nSPS) is 11.8. The van der Waals surface area contributed by atoms with Crippen LogP contribution in [0.25, 0.3) is 0 Å². The Balaban J connectivity index is 2.58. The molecule has 1 aromatic carbocycles. The number of carbonyl (C=O) groups excluding carboxylic acids is 1. The Morgan fingerprint density at radius 1 is 1.65 bits per heavy atom. The Bertz CT molecular complexity index is 454. The molecule has 1 unspecified atom stereocenters. The molecule has 0 aliphatic carbocycles. The lowest BCUT2D eigenvalue weighted by Crippen LogP contribution is -2.30. The first kappa shape index (κ1) is 13.1. The molecule has 0 bridgehead atoms. The molecular weight excluding hydrogens is 221 g/mol. The molecule has 90 valence electrons. The summed E-state index contributed by atoms with van der Waals surface area (Å²) in [5.74, 6) is -0.900. The van der Waals surface area contributed by atoms with Gasteiger partial charge in [0.2, 0.25) is 5.91 Å². The molecular formula is C12H14FN3O. The van der Waals surface area contributed by atoms with Gasteiger partial charge in [0.15, 0.2) is 0 Å². The van der Waals surface area contributed by atoms with Gasteiger partial charge in [-0.25, -0.2) is 4.39 Å². The van der Waals surface area contributed by atoms with Crippen molar-refractivity contribution in [3.63, 3.8) is 0 Å². The van der Waals surface area contributed by atoms with Gasteiger partial charge in [0.25, 0.3) is 0 Å². The van der Waals surface area contributed by atoms with E-state index in [0.29, 0.717) is 6.54 Å². The predicted octanol–water partition coefficient (Wildman–Crippen LogP) is 1.05. The summed E-state index contributed by atoms with van der Waals surface area (Å²) in [6, 6.07) is 6.07. The Morgan fingerprint density at radius 2 is 2.35 bits per heavy atom. The van der Waals surface area contributed by atoms with Crippen LogP contribution in [0.3, 0.4) is 0 Å². The molecule has 0 saturated carbocycles. The molecule has 17 heavy (non-hydrogen) atoms. The maximum absolute atomic E-state index is 13.0. The smallest absolute Gasteiger partial charge is 0.218 e. The fourth-order valence-corrected chi connectivity index (χ4v) is 1.43.